The van der Waals surface area contributed by atoms with E-state index in [9.17, 15) is 0 Å². The molecule has 2 aromatic rings. The highest BCUT2D eigenvalue weighted by Crippen LogP contribution is 2.20. The molecule has 0 fully saturated rings. The Labute approximate surface area is 96.2 Å². The minimum absolute atomic E-state index is 0.207. The molecule has 16 heavy (non-hydrogen) atoms. The van der Waals surface area contributed by atoms with Crippen LogP contribution < -0.4 is 5.73 Å². The molecule has 0 bridgehead atoms. The Balaban J connectivity index is 2.48. The molecule has 86 valence electrons. The Morgan fingerprint density at radius 2 is 2.19 bits per heavy atom. The lowest BCUT2D eigenvalue weighted by Crippen LogP contribution is -2.17. The lowest BCUT2D eigenvalue weighted by atomic mass is 10.1. The maximum atomic E-state index is 5.82. The van der Waals surface area contributed by atoms with Gasteiger partial charge in [0.05, 0.1) is 5.52 Å². The van der Waals surface area contributed by atoms with E-state index in [1.165, 1.54) is 16.6 Å². The number of hydrogen-bond donors (Lipinski definition) is 1. The summed E-state index contributed by atoms with van der Waals surface area (Å²) in [6.45, 7) is 7.19. The predicted molar refractivity (Wildman–Crippen MR) is 67.5 cm³/mol. The van der Waals surface area contributed by atoms with E-state index >= 15 is 0 Å². The van der Waals surface area contributed by atoms with Crippen molar-refractivity contribution in [1.82, 2.24) is 9.78 Å². The highest BCUT2D eigenvalue weighted by molar-refractivity contribution is 5.82. The van der Waals surface area contributed by atoms with Crippen molar-refractivity contribution in [2.24, 2.45) is 5.73 Å². The van der Waals surface area contributed by atoms with Gasteiger partial charge in [-0.1, -0.05) is 6.07 Å². The van der Waals surface area contributed by atoms with Gasteiger partial charge in [-0.3, -0.25) is 4.68 Å². The lowest BCUT2D eigenvalue weighted by Gasteiger charge is -2.04. The molecule has 1 unspecified atom stereocenters. The Morgan fingerprint density at radius 3 is 2.81 bits per heavy atom. The molecule has 2 rings (SSSR count). The second-order valence-corrected chi connectivity index (χ2v) is 4.43. The number of rotatable bonds is 3. The fraction of sp³-hybridized carbons (Fsp3) is 0.462. The minimum atomic E-state index is 0.207. The van der Waals surface area contributed by atoms with Gasteiger partial charge in [-0.25, -0.2) is 0 Å². The molecule has 0 aliphatic heterocycles. The number of benzene rings is 1. The zero-order valence-electron chi connectivity index (χ0n) is 10.2. The molecule has 3 heteroatoms. The third-order valence-electron chi connectivity index (χ3n) is 2.92. The van der Waals surface area contributed by atoms with Crippen molar-refractivity contribution < 1.29 is 0 Å². The average Bonchev–Trinajstić information content (AvgIpc) is 2.55. The molecule has 0 aliphatic rings. The van der Waals surface area contributed by atoms with Crippen LogP contribution in [0.15, 0.2) is 18.2 Å². The van der Waals surface area contributed by atoms with Crippen molar-refractivity contribution in [2.75, 3.05) is 0 Å². The van der Waals surface area contributed by atoms with Gasteiger partial charge in [-0.2, -0.15) is 5.10 Å². The minimum Gasteiger partial charge on any atom is -0.328 e. The summed E-state index contributed by atoms with van der Waals surface area (Å²) in [6.07, 6.45) is 0.923. The van der Waals surface area contributed by atoms with Gasteiger partial charge >= 0.3 is 0 Å². The Bertz CT molecular complexity index is 497. The first-order chi connectivity index (χ1) is 7.61. The van der Waals surface area contributed by atoms with E-state index in [-0.39, 0.29) is 6.04 Å². The van der Waals surface area contributed by atoms with E-state index in [1.807, 2.05) is 11.6 Å². The van der Waals surface area contributed by atoms with E-state index < -0.39 is 0 Å². The molecule has 2 N–H and O–H groups in total. The Morgan fingerprint density at radius 1 is 1.44 bits per heavy atom. The van der Waals surface area contributed by atoms with Crippen LogP contribution >= 0.6 is 0 Å². The molecule has 3 nitrogen and oxygen atoms in total. The van der Waals surface area contributed by atoms with Gasteiger partial charge in [-0.05, 0) is 44.9 Å². The highest BCUT2D eigenvalue weighted by atomic mass is 15.3. The Hall–Kier alpha value is -1.35. The molecule has 1 aromatic carbocycles. The molecule has 1 aromatic heterocycles. The van der Waals surface area contributed by atoms with E-state index in [1.54, 1.807) is 0 Å². The summed E-state index contributed by atoms with van der Waals surface area (Å²) in [4.78, 5) is 0. The SMILES string of the molecule is CCn1nc2ccc(CC(C)N)cc2c1C. The molecular weight excluding hydrogens is 198 g/mol. The van der Waals surface area contributed by atoms with Crippen LogP contribution in [0.2, 0.25) is 0 Å². The van der Waals surface area contributed by atoms with Gasteiger partial charge in [0.25, 0.3) is 0 Å². The van der Waals surface area contributed by atoms with Crippen molar-refractivity contribution in [3.05, 3.63) is 29.5 Å². The summed E-state index contributed by atoms with van der Waals surface area (Å²) in [6, 6.07) is 6.64. The third-order valence-corrected chi connectivity index (χ3v) is 2.92. The molecule has 0 saturated heterocycles. The van der Waals surface area contributed by atoms with E-state index in [4.69, 9.17) is 5.73 Å². The first-order valence-electron chi connectivity index (χ1n) is 5.83. The average molecular weight is 217 g/mol. The first-order valence-corrected chi connectivity index (χ1v) is 5.83. The lowest BCUT2D eigenvalue weighted by molar-refractivity contribution is 0.647. The van der Waals surface area contributed by atoms with E-state index in [2.05, 4.69) is 37.1 Å². The van der Waals surface area contributed by atoms with Crippen molar-refractivity contribution in [1.29, 1.82) is 0 Å². The fourth-order valence-electron chi connectivity index (χ4n) is 2.11. The Kier molecular flexibility index (Phi) is 2.97. The summed E-state index contributed by atoms with van der Waals surface area (Å²) in [5.74, 6) is 0. The van der Waals surface area contributed by atoms with Gasteiger partial charge in [0, 0.05) is 23.7 Å². The largest absolute Gasteiger partial charge is 0.328 e. The quantitative estimate of drug-likeness (QED) is 0.857. The number of nitrogens with two attached hydrogens (primary N) is 1. The summed E-state index contributed by atoms with van der Waals surface area (Å²) in [7, 11) is 0. The number of aromatic nitrogens is 2. The predicted octanol–water partition coefficient (Wildman–Crippen LogP) is 2.25. The number of nitrogens with zero attached hydrogens (tertiary/aromatic N) is 2. The van der Waals surface area contributed by atoms with Crippen LogP contribution in [0, 0.1) is 6.92 Å². The van der Waals surface area contributed by atoms with Crippen LogP contribution in [0.5, 0.6) is 0 Å². The topological polar surface area (TPSA) is 43.8 Å². The van der Waals surface area contributed by atoms with Gasteiger partial charge < -0.3 is 5.73 Å². The monoisotopic (exact) mass is 217 g/mol. The molecular formula is C13H19N3. The van der Waals surface area contributed by atoms with Crippen LogP contribution in [-0.2, 0) is 13.0 Å². The normalized spacial score (nSPS) is 13.2. The zero-order valence-corrected chi connectivity index (χ0v) is 10.2. The van der Waals surface area contributed by atoms with Gasteiger partial charge in [0.2, 0.25) is 0 Å². The second-order valence-electron chi connectivity index (χ2n) is 4.43. The molecule has 0 saturated carbocycles. The van der Waals surface area contributed by atoms with Crippen LogP contribution in [0.25, 0.3) is 10.9 Å². The molecule has 0 radical (unpaired) electrons. The van der Waals surface area contributed by atoms with Gasteiger partial charge in [0.15, 0.2) is 0 Å². The number of fused-ring (bicyclic) bond motifs is 1. The number of hydrogen-bond acceptors (Lipinski definition) is 2. The van der Waals surface area contributed by atoms with Crippen LogP contribution in [0.4, 0.5) is 0 Å². The third kappa shape index (κ3) is 1.95. The maximum Gasteiger partial charge on any atom is 0.0926 e. The van der Waals surface area contributed by atoms with Crippen molar-refractivity contribution in [2.45, 2.75) is 39.8 Å². The zero-order chi connectivity index (χ0) is 11.7. The molecule has 1 atom stereocenters. The smallest absolute Gasteiger partial charge is 0.0926 e. The van der Waals surface area contributed by atoms with Crippen LogP contribution in [-0.4, -0.2) is 15.8 Å². The summed E-state index contributed by atoms with van der Waals surface area (Å²) < 4.78 is 2.04. The van der Waals surface area contributed by atoms with Crippen molar-refractivity contribution in [3.63, 3.8) is 0 Å². The molecule has 0 spiro atoms. The van der Waals surface area contributed by atoms with E-state index in [0.717, 1.165) is 18.5 Å². The van der Waals surface area contributed by atoms with Crippen LogP contribution in [0.3, 0.4) is 0 Å². The molecule has 0 aliphatic carbocycles. The summed E-state index contributed by atoms with van der Waals surface area (Å²) in [5, 5.41) is 5.79. The van der Waals surface area contributed by atoms with Gasteiger partial charge in [0.1, 0.15) is 0 Å². The van der Waals surface area contributed by atoms with E-state index in [0.29, 0.717) is 0 Å². The molecule has 1 heterocycles. The highest BCUT2D eigenvalue weighted by Gasteiger charge is 2.07. The summed E-state index contributed by atoms with van der Waals surface area (Å²) in [5.41, 5.74) is 9.43. The van der Waals surface area contributed by atoms with Crippen LogP contribution in [0.1, 0.15) is 25.1 Å². The summed E-state index contributed by atoms with van der Waals surface area (Å²) >= 11 is 0. The molecule has 0 amide bonds. The second kappa shape index (κ2) is 4.26. The number of aryl methyl sites for hydroxylation is 2. The first kappa shape index (κ1) is 11.1. The van der Waals surface area contributed by atoms with Crippen molar-refractivity contribution >= 4 is 10.9 Å². The fourth-order valence-corrected chi connectivity index (χ4v) is 2.11. The maximum absolute atomic E-state index is 5.82. The van der Waals surface area contributed by atoms with Gasteiger partial charge in [-0.15, -0.1) is 0 Å². The standard InChI is InChI=1S/C13H19N3/c1-4-16-10(3)12-8-11(7-9(2)14)5-6-13(12)15-16/h5-6,8-9H,4,7,14H2,1-3H3. The van der Waals surface area contributed by atoms with Crippen molar-refractivity contribution in [3.8, 4) is 0 Å².